The lowest BCUT2D eigenvalue weighted by atomic mass is 9.94. The van der Waals surface area contributed by atoms with Crippen molar-refractivity contribution in [2.75, 3.05) is 32.7 Å². The van der Waals surface area contributed by atoms with E-state index in [2.05, 4.69) is 48.4 Å². The maximum Gasteiger partial charge on any atom is 0.211 e. The molecule has 2 rings (SSSR count). The molecular weight excluding hydrogens is 250 g/mol. The van der Waals surface area contributed by atoms with Gasteiger partial charge in [-0.25, -0.2) is 4.98 Å². The molecule has 1 aromatic rings. The summed E-state index contributed by atoms with van der Waals surface area (Å²) in [6, 6.07) is 0.221. The summed E-state index contributed by atoms with van der Waals surface area (Å²) in [7, 11) is 0. The highest BCUT2D eigenvalue weighted by molar-refractivity contribution is 5.07. The van der Waals surface area contributed by atoms with Crippen LogP contribution in [-0.2, 0) is 5.41 Å². The van der Waals surface area contributed by atoms with Crippen molar-refractivity contribution in [2.24, 2.45) is 0 Å². The van der Waals surface area contributed by atoms with Crippen LogP contribution in [0, 0.1) is 12.3 Å². The number of piperazine rings is 1. The first-order chi connectivity index (χ1) is 9.41. The second-order valence-electron chi connectivity index (χ2n) is 6.50. The van der Waals surface area contributed by atoms with Crippen molar-refractivity contribution in [3.05, 3.63) is 17.8 Å². The molecule has 1 aliphatic heterocycles. The molecule has 2 heterocycles. The summed E-state index contributed by atoms with van der Waals surface area (Å²) >= 11 is 0. The highest BCUT2D eigenvalue weighted by atomic mass is 16.4. The van der Waals surface area contributed by atoms with E-state index in [1.165, 1.54) is 0 Å². The number of oxazole rings is 1. The summed E-state index contributed by atoms with van der Waals surface area (Å²) in [5, 5.41) is 0. The number of aromatic nitrogens is 1. The normalized spacial score (nSPS) is 19.8. The Morgan fingerprint density at radius 1 is 1.35 bits per heavy atom. The Hall–Kier alpha value is -1.31. The van der Waals surface area contributed by atoms with Gasteiger partial charge in [-0.15, -0.1) is 6.42 Å². The van der Waals surface area contributed by atoms with Gasteiger partial charge in [0.05, 0.1) is 18.8 Å². The number of terminal acetylenes is 1. The average molecular weight is 275 g/mol. The molecule has 0 spiro atoms. The van der Waals surface area contributed by atoms with E-state index < -0.39 is 0 Å². The van der Waals surface area contributed by atoms with E-state index in [1.807, 2.05) is 6.20 Å². The standard InChI is InChI=1S/C16H25N3O/c1-6-7-18-8-10-19(11-9-18)13(2)15-17-12-14(20-15)16(3,4)5/h1,12-13H,7-11H2,2-5H3/t13-/m1/s1. The van der Waals surface area contributed by atoms with Gasteiger partial charge >= 0.3 is 0 Å². The zero-order valence-electron chi connectivity index (χ0n) is 13.0. The van der Waals surface area contributed by atoms with Gasteiger partial charge < -0.3 is 4.42 Å². The summed E-state index contributed by atoms with van der Waals surface area (Å²) < 4.78 is 5.94. The van der Waals surface area contributed by atoms with E-state index in [9.17, 15) is 0 Å². The molecule has 1 fully saturated rings. The maximum atomic E-state index is 5.94. The van der Waals surface area contributed by atoms with Crippen LogP contribution in [0.25, 0.3) is 0 Å². The summed E-state index contributed by atoms with van der Waals surface area (Å²) in [6.45, 7) is 13.4. The van der Waals surface area contributed by atoms with E-state index in [4.69, 9.17) is 10.8 Å². The molecule has 0 unspecified atom stereocenters. The van der Waals surface area contributed by atoms with Crippen LogP contribution >= 0.6 is 0 Å². The van der Waals surface area contributed by atoms with Crippen molar-refractivity contribution < 1.29 is 4.42 Å². The van der Waals surface area contributed by atoms with E-state index in [1.54, 1.807) is 0 Å². The number of hydrogen-bond donors (Lipinski definition) is 0. The van der Waals surface area contributed by atoms with Crippen molar-refractivity contribution in [3.63, 3.8) is 0 Å². The number of nitrogens with zero attached hydrogens (tertiary/aromatic N) is 3. The zero-order valence-corrected chi connectivity index (χ0v) is 13.0. The third-order valence-corrected chi connectivity index (χ3v) is 3.89. The molecule has 20 heavy (non-hydrogen) atoms. The molecule has 4 heteroatoms. The van der Waals surface area contributed by atoms with Crippen molar-refractivity contribution in [2.45, 2.75) is 39.2 Å². The molecule has 0 radical (unpaired) electrons. The first kappa shape index (κ1) is 15.1. The smallest absolute Gasteiger partial charge is 0.211 e. The Morgan fingerprint density at radius 2 is 2.00 bits per heavy atom. The molecule has 0 aromatic carbocycles. The highest BCUT2D eigenvalue weighted by Gasteiger charge is 2.26. The average Bonchev–Trinajstić information content (AvgIpc) is 2.89. The van der Waals surface area contributed by atoms with E-state index >= 15 is 0 Å². The Bertz CT molecular complexity index is 473. The number of rotatable bonds is 3. The largest absolute Gasteiger partial charge is 0.443 e. The van der Waals surface area contributed by atoms with Gasteiger partial charge in [0.1, 0.15) is 5.76 Å². The minimum Gasteiger partial charge on any atom is -0.443 e. The van der Waals surface area contributed by atoms with Crippen LogP contribution < -0.4 is 0 Å². The molecule has 110 valence electrons. The minimum atomic E-state index is 0.0104. The van der Waals surface area contributed by atoms with Gasteiger partial charge in [-0.05, 0) is 6.92 Å². The van der Waals surface area contributed by atoms with Crippen molar-refractivity contribution in [1.82, 2.24) is 14.8 Å². The first-order valence-electron chi connectivity index (χ1n) is 7.28. The van der Waals surface area contributed by atoms with Crippen molar-refractivity contribution >= 4 is 0 Å². The minimum absolute atomic E-state index is 0.0104. The van der Waals surface area contributed by atoms with E-state index in [-0.39, 0.29) is 11.5 Å². The topological polar surface area (TPSA) is 32.5 Å². The lowest BCUT2D eigenvalue weighted by Gasteiger charge is -2.36. The van der Waals surface area contributed by atoms with Gasteiger partial charge in [0.15, 0.2) is 0 Å². The number of hydrogen-bond acceptors (Lipinski definition) is 4. The fourth-order valence-electron chi connectivity index (χ4n) is 2.42. The van der Waals surface area contributed by atoms with Gasteiger partial charge in [0, 0.05) is 31.6 Å². The van der Waals surface area contributed by atoms with Gasteiger partial charge in [0.25, 0.3) is 0 Å². The summed E-state index contributed by atoms with van der Waals surface area (Å²) in [4.78, 5) is 9.17. The zero-order chi connectivity index (χ0) is 14.8. The molecule has 0 N–H and O–H groups in total. The van der Waals surface area contributed by atoms with Crippen LogP contribution in [0.2, 0.25) is 0 Å². The summed E-state index contributed by atoms with van der Waals surface area (Å²) in [6.07, 6.45) is 7.22. The predicted molar refractivity (Wildman–Crippen MR) is 80.5 cm³/mol. The van der Waals surface area contributed by atoms with Gasteiger partial charge in [-0.3, -0.25) is 9.80 Å². The van der Waals surface area contributed by atoms with Crippen LogP contribution in [0.4, 0.5) is 0 Å². The van der Waals surface area contributed by atoms with Crippen molar-refractivity contribution in [3.8, 4) is 12.3 Å². The lowest BCUT2D eigenvalue weighted by molar-refractivity contribution is 0.0978. The predicted octanol–water partition coefficient (Wildman–Crippen LogP) is 2.28. The Balaban J connectivity index is 1.97. The second kappa shape index (κ2) is 5.99. The first-order valence-corrected chi connectivity index (χ1v) is 7.28. The molecular formula is C16H25N3O. The molecule has 0 saturated carbocycles. The summed E-state index contributed by atoms with van der Waals surface area (Å²) in [5.41, 5.74) is 0.0104. The molecule has 0 bridgehead atoms. The third kappa shape index (κ3) is 3.41. The van der Waals surface area contributed by atoms with E-state index in [0.29, 0.717) is 0 Å². The lowest BCUT2D eigenvalue weighted by Crippen LogP contribution is -2.47. The van der Waals surface area contributed by atoms with Gasteiger partial charge in [0.2, 0.25) is 5.89 Å². The molecule has 0 aliphatic carbocycles. The monoisotopic (exact) mass is 275 g/mol. The van der Waals surface area contributed by atoms with Crippen LogP contribution in [0.15, 0.2) is 10.6 Å². The maximum absolute atomic E-state index is 5.94. The quantitative estimate of drug-likeness (QED) is 0.792. The fraction of sp³-hybridized carbons (Fsp3) is 0.688. The van der Waals surface area contributed by atoms with Crippen LogP contribution in [0.3, 0.4) is 0 Å². The highest BCUT2D eigenvalue weighted by Crippen LogP contribution is 2.27. The third-order valence-electron chi connectivity index (χ3n) is 3.89. The Labute approximate surface area is 122 Å². The molecule has 4 nitrogen and oxygen atoms in total. The fourth-order valence-corrected chi connectivity index (χ4v) is 2.42. The Kier molecular flexibility index (Phi) is 4.52. The van der Waals surface area contributed by atoms with Gasteiger partial charge in [-0.1, -0.05) is 26.7 Å². The van der Waals surface area contributed by atoms with Crippen molar-refractivity contribution in [1.29, 1.82) is 0 Å². The van der Waals surface area contributed by atoms with E-state index in [0.717, 1.165) is 44.4 Å². The van der Waals surface area contributed by atoms with Crippen LogP contribution in [0.5, 0.6) is 0 Å². The van der Waals surface area contributed by atoms with Gasteiger partial charge in [-0.2, -0.15) is 0 Å². The molecule has 1 aliphatic rings. The molecule has 0 amide bonds. The van der Waals surface area contributed by atoms with Crippen LogP contribution in [-0.4, -0.2) is 47.5 Å². The SMILES string of the molecule is C#CCN1CCN([C@H](C)c2ncc(C(C)(C)C)o2)CC1. The summed E-state index contributed by atoms with van der Waals surface area (Å²) in [5.74, 6) is 4.48. The molecule has 1 saturated heterocycles. The second-order valence-corrected chi connectivity index (χ2v) is 6.50. The Morgan fingerprint density at radius 3 is 2.50 bits per heavy atom. The molecule has 1 atom stereocenters. The molecule has 1 aromatic heterocycles. The van der Waals surface area contributed by atoms with Crippen LogP contribution in [0.1, 0.15) is 45.4 Å².